The van der Waals surface area contributed by atoms with Gasteiger partial charge in [0.15, 0.2) is 0 Å². The van der Waals surface area contributed by atoms with Gasteiger partial charge in [0.1, 0.15) is 0 Å². The van der Waals surface area contributed by atoms with Gasteiger partial charge < -0.3 is 5.32 Å². The van der Waals surface area contributed by atoms with Crippen LogP contribution in [0.2, 0.25) is 5.02 Å². The molecule has 0 radical (unpaired) electrons. The predicted octanol–water partition coefficient (Wildman–Crippen LogP) is 4.66. The summed E-state index contributed by atoms with van der Waals surface area (Å²) in [4.78, 5) is 8.55. The normalized spacial score (nSPS) is 10.7. The van der Waals surface area contributed by atoms with E-state index in [1.807, 2.05) is 36.4 Å². The Balaban J connectivity index is 1.77. The van der Waals surface area contributed by atoms with Crippen LogP contribution in [0.15, 0.2) is 53.3 Å². The maximum atomic E-state index is 5.98. The molecule has 3 rings (SSSR count). The summed E-state index contributed by atoms with van der Waals surface area (Å²) in [6.45, 7) is 0.724. The third-order valence-corrected chi connectivity index (χ3v) is 4.16. The Morgan fingerprint density at radius 1 is 1.00 bits per heavy atom. The molecule has 0 spiro atoms. The van der Waals surface area contributed by atoms with Crippen LogP contribution >= 0.6 is 27.5 Å². The molecule has 20 heavy (non-hydrogen) atoms. The summed E-state index contributed by atoms with van der Waals surface area (Å²) >= 11 is 9.41. The van der Waals surface area contributed by atoms with Gasteiger partial charge in [-0.15, -0.1) is 0 Å². The average Bonchev–Trinajstić information content (AvgIpc) is 2.48. The molecule has 1 N–H and O–H groups in total. The lowest BCUT2D eigenvalue weighted by Crippen LogP contribution is -1.99. The lowest BCUT2D eigenvalue weighted by Gasteiger charge is -2.08. The molecule has 1 aromatic heterocycles. The van der Waals surface area contributed by atoms with Gasteiger partial charge in [0.2, 0.25) is 0 Å². The van der Waals surface area contributed by atoms with Crippen LogP contribution < -0.4 is 5.32 Å². The summed E-state index contributed by atoms with van der Waals surface area (Å²) in [5.41, 5.74) is 3.95. The van der Waals surface area contributed by atoms with E-state index in [1.54, 1.807) is 12.4 Å². The van der Waals surface area contributed by atoms with Crippen LogP contribution in [0.5, 0.6) is 0 Å². The smallest absolute Gasteiger partial charge is 0.0907 e. The number of anilines is 1. The van der Waals surface area contributed by atoms with E-state index in [2.05, 4.69) is 31.2 Å². The maximum Gasteiger partial charge on any atom is 0.0907 e. The minimum Gasteiger partial charge on any atom is -0.381 e. The van der Waals surface area contributed by atoms with E-state index < -0.39 is 0 Å². The number of fused-ring (bicyclic) bond motifs is 1. The Kier molecular flexibility index (Phi) is 3.85. The number of nitrogens with one attached hydrogen (secondary N) is 1. The zero-order chi connectivity index (χ0) is 13.9. The summed E-state index contributed by atoms with van der Waals surface area (Å²) < 4.78 is 0.905. The maximum absolute atomic E-state index is 5.98. The predicted molar refractivity (Wildman–Crippen MR) is 86.0 cm³/mol. The second-order valence-corrected chi connectivity index (χ2v) is 5.62. The Hall–Kier alpha value is -1.65. The standard InChI is InChI=1S/C15H11BrClN3/c16-12-7-10(1-3-13(12)17)9-20-11-2-4-14-15(8-11)19-6-5-18-14/h1-8,20H,9H2. The zero-order valence-corrected chi connectivity index (χ0v) is 12.8. The van der Waals surface area contributed by atoms with Crippen LogP contribution in [0.1, 0.15) is 5.56 Å². The van der Waals surface area contributed by atoms with Crippen molar-refractivity contribution in [2.75, 3.05) is 5.32 Å². The number of hydrogen-bond acceptors (Lipinski definition) is 3. The van der Waals surface area contributed by atoms with E-state index in [0.29, 0.717) is 0 Å². The molecule has 1 heterocycles. The van der Waals surface area contributed by atoms with Gasteiger partial charge in [-0.05, 0) is 51.8 Å². The lowest BCUT2D eigenvalue weighted by atomic mass is 10.2. The van der Waals surface area contributed by atoms with Crippen molar-refractivity contribution in [3.8, 4) is 0 Å². The summed E-state index contributed by atoms with van der Waals surface area (Å²) in [5.74, 6) is 0. The SMILES string of the molecule is Clc1ccc(CNc2ccc3nccnc3c2)cc1Br. The summed E-state index contributed by atoms with van der Waals surface area (Å²) in [6.07, 6.45) is 3.39. The van der Waals surface area contributed by atoms with Crippen LogP contribution in [0.25, 0.3) is 11.0 Å². The van der Waals surface area contributed by atoms with Crippen molar-refractivity contribution in [1.29, 1.82) is 0 Å². The first-order valence-corrected chi connectivity index (χ1v) is 7.28. The molecule has 0 saturated heterocycles. The highest BCUT2D eigenvalue weighted by Crippen LogP contribution is 2.24. The molecule has 0 fully saturated rings. The van der Waals surface area contributed by atoms with Crippen molar-refractivity contribution < 1.29 is 0 Å². The summed E-state index contributed by atoms with van der Waals surface area (Å²) in [6, 6.07) is 11.9. The van der Waals surface area contributed by atoms with E-state index >= 15 is 0 Å². The molecule has 0 aliphatic rings. The topological polar surface area (TPSA) is 37.8 Å². The molecule has 0 unspecified atom stereocenters. The molecule has 2 aromatic carbocycles. The van der Waals surface area contributed by atoms with E-state index in [-0.39, 0.29) is 0 Å². The van der Waals surface area contributed by atoms with Crippen LogP contribution in [0, 0.1) is 0 Å². The van der Waals surface area contributed by atoms with Crippen molar-refractivity contribution in [3.05, 3.63) is 63.9 Å². The average molecular weight is 349 g/mol. The van der Waals surface area contributed by atoms with E-state index in [4.69, 9.17) is 11.6 Å². The minimum atomic E-state index is 0.717. The first-order valence-electron chi connectivity index (χ1n) is 6.11. The molecule has 100 valence electrons. The van der Waals surface area contributed by atoms with Crippen molar-refractivity contribution in [2.45, 2.75) is 6.54 Å². The molecule has 0 aliphatic carbocycles. The van der Waals surface area contributed by atoms with Gasteiger partial charge in [-0.2, -0.15) is 0 Å². The number of nitrogens with zero attached hydrogens (tertiary/aromatic N) is 2. The Bertz CT molecular complexity index is 761. The zero-order valence-electron chi connectivity index (χ0n) is 10.5. The monoisotopic (exact) mass is 347 g/mol. The van der Waals surface area contributed by atoms with E-state index in [9.17, 15) is 0 Å². The fraction of sp³-hybridized carbons (Fsp3) is 0.0667. The second-order valence-electron chi connectivity index (χ2n) is 4.36. The van der Waals surface area contributed by atoms with Gasteiger partial charge in [0, 0.05) is 29.1 Å². The van der Waals surface area contributed by atoms with E-state index in [1.165, 1.54) is 0 Å². The van der Waals surface area contributed by atoms with Gasteiger partial charge in [-0.3, -0.25) is 9.97 Å². The number of rotatable bonds is 3. The molecule has 0 bridgehead atoms. The van der Waals surface area contributed by atoms with E-state index in [0.717, 1.165) is 38.3 Å². The van der Waals surface area contributed by atoms with Gasteiger partial charge in [0.25, 0.3) is 0 Å². The third-order valence-electron chi connectivity index (χ3n) is 2.95. The number of hydrogen-bond donors (Lipinski definition) is 1. The Morgan fingerprint density at radius 2 is 1.80 bits per heavy atom. The first kappa shape index (κ1) is 13.3. The highest BCUT2D eigenvalue weighted by Gasteiger charge is 2.01. The van der Waals surface area contributed by atoms with Crippen molar-refractivity contribution >= 4 is 44.3 Å². The first-order chi connectivity index (χ1) is 9.72. The largest absolute Gasteiger partial charge is 0.381 e. The van der Waals surface area contributed by atoms with Crippen molar-refractivity contribution in [3.63, 3.8) is 0 Å². The van der Waals surface area contributed by atoms with Crippen LogP contribution in [0.4, 0.5) is 5.69 Å². The van der Waals surface area contributed by atoms with Crippen LogP contribution in [0.3, 0.4) is 0 Å². The molecular weight excluding hydrogens is 338 g/mol. The number of benzene rings is 2. The molecule has 5 heteroatoms. The summed E-state index contributed by atoms with van der Waals surface area (Å²) in [7, 11) is 0. The van der Waals surface area contributed by atoms with Crippen LogP contribution in [-0.4, -0.2) is 9.97 Å². The minimum absolute atomic E-state index is 0.717. The molecule has 0 atom stereocenters. The molecule has 0 aliphatic heterocycles. The van der Waals surface area contributed by atoms with Crippen LogP contribution in [-0.2, 0) is 6.54 Å². The molecule has 0 amide bonds. The third kappa shape index (κ3) is 2.92. The Labute approximate surface area is 130 Å². The number of aromatic nitrogens is 2. The van der Waals surface area contributed by atoms with Gasteiger partial charge >= 0.3 is 0 Å². The van der Waals surface area contributed by atoms with Gasteiger partial charge in [-0.25, -0.2) is 0 Å². The second kappa shape index (κ2) is 5.77. The molecule has 3 aromatic rings. The Morgan fingerprint density at radius 3 is 2.60 bits per heavy atom. The fourth-order valence-corrected chi connectivity index (χ4v) is 2.47. The molecule has 3 nitrogen and oxygen atoms in total. The van der Waals surface area contributed by atoms with Gasteiger partial charge in [0.05, 0.1) is 16.1 Å². The highest BCUT2D eigenvalue weighted by atomic mass is 79.9. The summed E-state index contributed by atoms with van der Waals surface area (Å²) in [5, 5.41) is 4.09. The van der Waals surface area contributed by atoms with Crippen molar-refractivity contribution in [1.82, 2.24) is 9.97 Å². The fourth-order valence-electron chi connectivity index (χ4n) is 1.93. The quantitative estimate of drug-likeness (QED) is 0.748. The van der Waals surface area contributed by atoms with Gasteiger partial charge in [-0.1, -0.05) is 17.7 Å². The molecular formula is C15H11BrClN3. The number of halogens is 2. The highest BCUT2D eigenvalue weighted by molar-refractivity contribution is 9.10. The lowest BCUT2D eigenvalue weighted by molar-refractivity contribution is 1.15. The van der Waals surface area contributed by atoms with Crippen molar-refractivity contribution in [2.24, 2.45) is 0 Å². The molecule has 0 saturated carbocycles.